The van der Waals surface area contributed by atoms with Crippen molar-refractivity contribution in [3.05, 3.63) is 0 Å². The van der Waals surface area contributed by atoms with Crippen molar-refractivity contribution in [2.75, 3.05) is 25.4 Å². The molecule has 14 heteroatoms. The van der Waals surface area contributed by atoms with Gasteiger partial charge in [0.25, 0.3) is 0 Å². The molecule has 2 fully saturated rings. The predicted molar refractivity (Wildman–Crippen MR) is 135 cm³/mol. The number of hydrogen-bond acceptors (Lipinski definition) is 6. The van der Waals surface area contributed by atoms with Crippen LogP contribution < -0.4 is 27.0 Å². The van der Waals surface area contributed by atoms with Crippen LogP contribution in [0.5, 0.6) is 0 Å². The predicted octanol–water partition coefficient (Wildman–Crippen LogP) is 2.27. The quantitative estimate of drug-likeness (QED) is 0.126. The largest absolute Gasteiger partial charge is 0.490 e. The van der Waals surface area contributed by atoms with E-state index in [1.54, 1.807) is 0 Å². The molecule has 0 bridgehead atoms. The zero-order valence-corrected chi connectivity index (χ0v) is 21.9. The van der Waals surface area contributed by atoms with E-state index in [1.807, 2.05) is 11.8 Å². The van der Waals surface area contributed by atoms with Gasteiger partial charge in [0.05, 0.1) is 12.1 Å². The smallest absolute Gasteiger partial charge is 0.475 e. The Morgan fingerprint density at radius 2 is 1.46 bits per heavy atom. The van der Waals surface area contributed by atoms with E-state index in [4.69, 9.17) is 15.6 Å². The van der Waals surface area contributed by atoms with Gasteiger partial charge in [0.15, 0.2) is 0 Å². The standard InChI is InChI=1S/C21H39N5O3S.C2HF3O2/c22-12-6-2-8-14-24-18(27)10-3-1-7-13-23-19(28)11-5-4-9-17-20-16(15-30-17)25-21(29)26-20;3-2(4,5)1(6)7/h16-17,20H,1-15,22H2,(H,23,28)(H,24,27)(H2,25,26,29);(H,6,7)/t16-,17?,20-;/m0./s1. The number of amides is 4. The third-order valence-electron chi connectivity index (χ3n) is 5.93. The Kier molecular flexibility index (Phi) is 16.1. The van der Waals surface area contributed by atoms with Crippen molar-refractivity contribution in [1.29, 1.82) is 0 Å². The molecule has 2 heterocycles. The minimum absolute atomic E-state index is 0.0476. The van der Waals surface area contributed by atoms with Crippen molar-refractivity contribution < 1.29 is 37.5 Å². The van der Waals surface area contributed by atoms with Crippen LogP contribution in [0.4, 0.5) is 18.0 Å². The molecule has 0 radical (unpaired) electrons. The van der Waals surface area contributed by atoms with E-state index < -0.39 is 12.1 Å². The van der Waals surface area contributed by atoms with Gasteiger partial charge in [0.2, 0.25) is 11.8 Å². The van der Waals surface area contributed by atoms with Crippen LogP contribution in [0, 0.1) is 0 Å². The van der Waals surface area contributed by atoms with Crippen LogP contribution in [0.1, 0.15) is 70.6 Å². The summed E-state index contributed by atoms with van der Waals surface area (Å²) >= 11 is 1.92. The number of hydrogen-bond donors (Lipinski definition) is 6. The Morgan fingerprint density at radius 1 is 0.919 bits per heavy atom. The van der Waals surface area contributed by atoms with Gasteiger partial charge >= 0.3 is 18.2 Å². The maximum absolute atomic E-state index is 11.9. The Morgan fingerprint density at radius 3 is 2.00 bits per heavy atom. The van der Waals surface area contributed by atoms with E-state index in [1.165, 1.54) is 0 Å². The summed E-state index contributed by atoms with van der Waals surface area (Å²) in [5.41, 5.74) is 5.44. The fraction of sp³-hybridized carbons (Fsp3) is 0.826. The number of unbranched alkanes of at least 4 members (excludes halogenated alkanes) is 5. The van der Waals surface area contributed by atoms with Crippen LogP contribution >= 0.6 is 11.8 Å². The van der Waals surface area contributed by atoms with Crippen molar-refractivity contribution in [2.45, 2.75) is 94.1 Å². The number of carbonyl (C=O) groups excluding carboxylic acids is 3. The lowest BCUT2D eigenvalue weighted by atomic mass is 10.0. The number of thioether (sulfide) groups is 1. The number of nitrogens with one attached hydrogen (secondary N) is 4. The summed E-state index contributed by atoms with van der Waals surface area (Å²) in [5.74, 6) is -1.55. The van der Waals surface area contributed by atoms with Gasteiger partial charge in [0, 0.05) is 36.9 Å². The summed E-state index contributed by atoms with van der Waals surface area (Å²) in [6.45, 7) is 2.13. The van der Waals surface area contributed by atoms with Crippen molar-refractivity contribution >= 4 is 35.6 Å². The molecule has 0 aliphatic carbocycles. The number of carboxylic acid groups (broad SMARTS) is 1. The molecule has 1 unspecified atom stereocenters. The Labute approximate surface area is 219 Å². The van der Waals surface area contributed by atoms with Crippen LogP contribution in [0.2, 0.25) is 0 Å². The van der Waals surface area contributed by atoms with Gasteiger partial charge in [-0.2, -0.15) is 24.9 Å². The lowest BCUT2D eigenvalue weighted by Gasteiger charge is -2.16. The number of nitrogens with two attached hydrogens (primary N) is 1. The van der Waals surface area contributed by atoms with E-state index in [0.717, 1.165) is 70.1 Å². The van der Waals surface area contributed by atoms with Gasteiger partial charge in [-0.05, 0) is 45.1 Å². The maximum Gasteiger partial charge on any atom is 0.490 e. The summed E-state index contributed by atoms with van der Waals surface area (Å²) in [7, 11) is 0. The van der Waals surface area contributed by atoms with E-state index in [0.29, 0.717) is 31.2 Å². The molecule has 37 heavy (non-hydrogen) atoms. The summed E-state index contributed by atoms with van der Waals surface area (Å²) < 4.78 is 31.7. The molecule has 4 amide bonds. The van der Waals surface area contributed by atoms with Crippen LogP contribution in [0.25, 0.3) is 0 Å². The summed E-state index contributed by atoms with van der Waals surface area (Å²) in [5, 5.41) is 19.5. The van der Waals surface area contributed by atoms with E-state index in [2.05, 4.69) is 21.3 Å². The zero-order chi connectivity index (χ0) is 27.7. The molecule has 3 atom stereocenters. The molecule has 0 aromatic carbocycles. The van der Waals surface area contributed by atoms with Crippen molar-refractivity contribution in [3.63, 3.8) is 0 Å². The first-order valence-corrected chi connectivity index (χ1v) is 13.8. The third kappa shape index (κ3) is 14.9. The Bertz CT molecular complexity index is 729. The normalized spacial score (nSPS) is 20.2. The van der Waals surface area contributed by atoms with Gasteiger partial charge in [-0.25, -0.2) is 9.59 Å². The molecule has 7 N–H and O–H groups in total. The highest BCUT2D eigenvalue weighted by atomic mass is 32.2. The first-order chi connectivity index (χ1) is 17.5. The molecule has 2 aliphatic rings. The second-order valence-corrected chi connectivity index (χ2v) is 10.3. The fourth-order valence-electron chi connectivity index (χ4n) is 3.94. The molecular weight excluding hydrogens is 515 g/mol. The maximum atomic E-state index is 11.9. The highest BCUT2D eigenvalue weighted by molar-refractivity contribution is 8.00. The van der Waals surface area contributed by atoms with Crippen molar-refractivity contribution in [3.8, 4) is 0 Å². The van der Waals surface area contributed by atoms with Crippen LogP contribution in [0.3, 0.4) is 0 Å². The minimum atomic E-state index is -5.08. The number of rotatable bonds is 16. The number of urea groups is 1. The number of alkyl halides is 3. The molecule has 10 nitrogen and oxygen atoms in total. The molecule has 0 spiro atoms. The van der Waals surface area contributed by atoms with E-state index >= 15 is 0 Å². The van der Waals surface area contributed by atoms with Gasteiger partial charge in [-0.3, -0.25) is 9.59 Å². The van der Waals surface area contributed by atoms with Crippen molar-refractivity contribution in [2.24, 2.45) is 5.73 Å². The summed E-state index contributed by atoms with van der Waals surface area (Å²) in [4.78, 5) is 43.9. The average molecular weight is 556 g/mol. The second-order valence-electron chi connectivity index (χ2n) is 9.03. The number of fused-ring (bicyclic) bond motifs is 1. The van der Waals surface area contributed by atoms with Crippen LogP contribution in [-0.4, -0.2) is 77.8 Å². The third-order valence-corrected chi connectivity index (χ3v) is 7.44. The molecule has 2 aliphatic heterocycles. The SMILES string of the molecule is NCCCCCNC(=O)CCCCCNC(=O)CCCCC1SC[C@@H]2NC(=O)N[C@H]12.O=C(O)C(F)(F)F. The molecule has 2 rings (SSSR count). The Balaban J connectivity index is 0.000000856. The van der Waals surface area contributed by atoms with E-state index in [9.17, 15) is 27.6 Å². The number of halogens is 3. The van der Waals surface area contributed by atoms with Gasteiger partial charge in [0.1, 0.15) is 0 Å². The van der Waals surface area contributed by atoms with Crippen LogP contribution in [0.15, 0.2) is 0 Å². The zero-order valence-electron chi connectivity index (χ0n) is 21.0. The lowest BCUT2D eigenvalue weighted by Crippen LogP contribution is -2.36. The minimum Gasteiger partial charge on any atom is -0.475 e. The van der Waals surface area contributed by atoms with Crippen molar-refractivity contribution in [1.82, 2.24) is 21.3 Å². The fourth-order valence-corrected chi connectivity index (χ4v) is 5.48. The molecule has 0 saturated carbocycles. The first-order valence-electron chi connectivity index (χ1n) is 12.8. The number of aliphatic carboxylic acids is 1. The second kappa shape index (κ2) is 18.1. The van der Waals surface area contributed by atoms with Gasteiger partial charge in [-0.1, -0.05) is 19.3 Å². The molecule has 2 saturated heterocycles. The average Bonchev–Trinajstić information content (AvgIpc) is 3.38. The van der Waals surface area contributed by atoms with Gasteiger partial charge < -0.3 is 32.1 Å². The first kappa shape index (κ1) is 32.8. The molecule has 214 valence electrons. The lowest BCUT2D eigenvalue weighted by molar-refractivity contribution is -0.192. The molecule has 0 aromatic rings. The topological polar surface area (TPSA) is 163 Å². The highest BCUT2D eigenvalue weighted by Crippen LogP contribution is 2.33. The molecule has 0 aromatic heterocycles. The molecular formula is C23H40F3N5O5S. The summed E-state index contributed by atoms with van der Waals surface area (Å²) in [6, 6.07) is 0.464. The highest BCUT2D eigenvalue weighted by Gasteiger charge is 2.42. The van der Waals surface area contributed by atoms with E-state index in [-0.39, 0.29) is 29.9 Å². The Hall–Kier alpha value is -2.22. The number of carboxylic acids is 1. The van der Waals surface area contributed by atoms with Gasteiger partial charge in [-0.15, -0.1) is 0 Å². The van der Waals surface area contributed by atoms with Crippen LogP contribution in [-0.2, 0) is 14.4 Å². The summed E-state index contributed by atoms with van der Waals surface area (Å²) in [6.07, 6.45) is 4.73. The number of carbonyl (C=O) groups is 4. The monoisotopic (exact) mass is 555 g/mol.